The highest BCUT2D eigenvalue weighted by molar-refractivity contribution is 5.74. The average molecular weight is 302 g/mol. The predicted octanol–water partition coefficient (Wildman–Crippen LogP) is 4.46. The number of nitrogens with zero attached hydrogens (tertiary/aromatic N) is 2. The number of hydrogen-bond donors (Lipinski definition) is 0. The second-order valence-electron chi connectivity index (χ2n) is 5.86. The molecule has 1 aliphatic rings. The van der Waals surface area contributed by atoms with E-state index in [1.807, 2.05) is 18.2 Å². The fraction of sp³-hybridized carbons (Fsp3) is 0.389. The van der Waals surface area contributed by atoms with E-state index in [9.17, 15) is 8.78 Å². The Hall–Kier alpha value is -1.97. The number of benzene rings is 1. The van der Waals surface area contributed by atoms with E-state index in [0.29, 0.717) is 12.4 Å². The van der Waals surface area contributed by atoms with Crippen LogP contribution in [0.15, 0.2) is 36.5 Å². The molecule has 2 nitrogen and oxygen atoms in total. The fourth-order valence-electron chi connectivity index (χ4n) is 3.15. The second-order valence-corrected chi connectivity index (χ2v) is 5.86. The first-order valence-corrected chi connectivity index (χ1v) is 7.68. The van der Waals surface area contributed by atoms with Crippen molar-refractivity contribution in [1.82, 2.24) is 4.98 Å². The van der Waals surface area contributed by atoms with Crippen molar-refractivity contribution in [3.05, 3.63) is 47.7 Å². The predicted molar refractivity (Wildman–Crippen MR) is 85.6 cm³/mol. The zero-order valence-corrected chi connectivity index (χ0v) is 12.9. The van der Waals surface area contributed by atoms with Crippen molar-refractivity contribution in [3.63, 3.8) is 0 Å². The third-order valence-electron chi connectivity index (χ3n) is 4.29. The molecule has 0 bridgehead atoms. The lowest BCUT2D eigenvalue weighted by atomic mass is 9.95. The summed E-state index contributed by atoms with van der Waals surface area (Å²) in [6.45, 7) is 4.25. The molecule has 0 atom stereocenters. The molecule has 2 heterocycles. The Bertz CT molecular complexity index is 683. The van der Waals surface area contributed by atoms with E-state index in [1.54, 1.807) is 11.1 Å². The van der Waals surface area contributed by atoms with Gasteiger partial charge >= 0.3 is 0 Å². The van der Waals surface area contributed by atoms with Gasteiger partial charge in [0.25, 0.3) is 5.92 Å². The van der Waals surface area contributed by atoms with Crippen molar-refractivity contribution in [2.45, 2.75) is 32.6 Å². The van der Waals surface area contributed by atoms with Crippen LogP contribution in [-0.4, -0.2) is 24.0 Å². The van der Waals surface area contributed by atoms with E-state index in [4.69, 9.17) is 0 Å². The lowest BCUT2D eigenvalue weighted by Crippen LogP contribution is -2.26. The fourth-order valence-corrected chi connectivity index (χ4v) is 3.15. The van der Waals surface area contributed by atoms with Gasteiger partial charge in [-0.2, -0.15) is 0 Å². The minimum atomic E-state index is -2.61. The molecule has 4 heteroatoms. The molecule has 22 heavy (non-hydrogen) atoms. The van der Waals surface area contributed by atoms with Crippen LogP contribution >= 0.6 is 0 Å². The number of aromatic nitrogens is 1. The van der Waals surface area contributed by atoms with E-state index >= 15 is 0 Å². The van der Waals surface area contributed by atoms with Gasteiger partial charge < -0.3 is 4.90 Å². The number of anilines is 1. The van der Waals surface area contributed by atoms with Crippen LogP contribution in [0.4, 0.5) is 14.6 Å². The van der Waals surface area contributed by atoms with Crippen LogP contribution in [0, 0.1) is 6.92 Å². The largest absolute Gasteiger partial charge is 0.350 e. The Kier molecular flexibility index (Phi) is 3.85. The van der Waals surface area contributed by atoms with Crippen LogP contribution in [-0.2, 0) is 6.42 Å². The molecule has 0 unspecified atom stereocenters. The van der Waals surface area contributed by atoms with Crippen LogP contribution in [0.2, 0.25) is 0 Å². The molecule has 1 saturated heterocycles. The molecule has 2 aromatic rings. The second kappa shape index (κ2) is 5.67. The van der Waals surface area contributed by atoms with Gasteiger partial charge in [0.2, 0.25) is 0 Å². The van der Waals surface area contributed by atoms with Gasteiger partial charge in [0.1, 0.15) is 5.82 Å². The minimum Gasteiger partial charge on any atom is -0.350 e. The maximum atomic E-state index is 13.5. The van der Waals surface area contributed by atoms with E-state index in [1.165, 1.54) is 5.56 Å². The van der Waals surface area contributed by atoms with Gasteiger partial charge in [-0.3, -0.25) is 0 Å². The number of halogens is 2. The standard InChI is InChI=1S/C18H20F2N2/c1-3-14-16(15-7-5-4-6-13(15)2)8-10-21-17(14)22-11-9-18(19,20)12-22/h4-8,10H,3,9,11-12H2,1-2H3. The Morgan fingerprint density at radius 1 is 1.18 bits per heavy atom. The summed E-state index contributed by atoms with van der Waals surface area (Å²) in [5, 5.41) is 0. The Morgan fingerprint density at radius 3 is 2.59 bits per heavy atom. The molecule has 0 amide bonds. The molecular formula is C18H20F2N2. The van der Waals surface area contributed by atoms with E-state index < -0.39 is 5.92 Å². The van der Waals surface area contributed by atoms with Crippen molar-refractivity contribution < 1.29 is 8.78 Å². The number of hydrogen-bond acceptors (Lipinski definition) is 2. The van der Waals surface area contributed by atoms with Gasteiger partial charge in [-0.05, 0) is 36.1 Å². The zero-order chi connectivity index (χ0) is 15.7. The van der Waals surface area contributed by atoms with E-state index in [0.717, 1.165) is 23.1 Å². The van der Waals surface area contributed by atoms with Crippen molar-refractivity contribution in [1.29, 1.82) is 0 Å². The zero-order valence-electron chi connectivity index (χ0n) is 12.9. The van der Waals surface area contributed by atoms with Crippen LogP contribution < -0.4 is 4.90 Å². The third kappa shape index (κ3) is 2.70. The monoisotopic (exact) mass is 302 g/mol. The summed E-state index contributed by atoms with van der Waals surface area (Å²) in [6.07, 6.45) is 2.41. The molecule has 116 valence electrons. The van der Waals surface area contributed by atoms with E-state index in [2.05, 4.69) is 31.0 Å². The summed E-state index contributed by atoms with van der Waals surface area (Å²) >= 11 is 0. The summed E-state index contributed by atoms with van der Waals surface area (Å²) in [4.78, 5) is 6.13. The highest BCUT2D eigenvalue weighted by atomic mass is 19.3. The summed E-state index contributed by atoms with van der Waals surface area (Å²) in [5.41, 5.74) is 4.48. The smallest absolute Gasteiger partial charge is 0.266 e. The quantitative estimate of drug-likeness (QED) is 0.832. The first-order valence-electron chi connectivity index (χ1n) is 7.68. The maximum absolute atomic E-state index is 13.5. The van der Waals surface area contributed by atoms with Crippen molar-refractivity contribution in [2.24, 2.45) is 0 Å². The highest BCUT2D eigenvalue weighted by Crippen LogP contribution is 2.36. The molecule has 0 spiro atoms. The first-order chi connectivity index (χ1) is 10.5. The molecule has 0 N–H and O–H groups in total. The van der Waals surface area contributed by atoms with Gasteiger partial charge in [0.05, 0.1) is 6.54 Å². The van der Waals surface area contributed by atoms with Gasteiger partial charge in [-0.15, -0.1) is 0 Å². The molecule has 1 aliphatic heterocycles. The number of alkyl halides is 2. The number of aryl methyl sites for hydroxylation is 1. The molecule has 0 aliphatic carbocycles. The SMILES string of the molecule is CCc1c(-c2ccccc2C)ccnc1N1CCC(F)(F)C1. The Morgan fingerprint density at radius 2 is 1.95 bits per heavy atom. The normalized spacial score (nSPS) is 17.0. The van der Waals surface area contributed by atoms with Crippen molar-refractivity contribution >= 4 is 5.82 Å². The lowest BCUT2D eigenvalue weighted by molar-refractivity contribution is 0.0256. The molecule has 0 saturated carbocycles. The molecule has 0 radical (unpaired) electrons. The van der Waals surface area contributed by atoms with Gasteiger partial charge in [-0.25, -0.2) is 13.8 Å². The van der Waals surface area contributed by atoms with Gasteiger partial charge in [0.15, 0.2) is 0 Å². The van der Waals surface area contributed by atoms with Gasteiger partial charge in [-0.1, -0.05) is 31.2 Å². The van der Waals surface area contributed by atoms with Crippen LogP contribution in [0.1, 0.15) is 24.5 Å². The average Bonchev–Trinajstić information content (AvgIpc) is 2.87. The van der Waals surface area contributed by atoms with Crippen LogP contribution in [0.3, 0.4) is 0 Å². The summed E-state index contributed by atoms with van der Waals surface area (Å²) in [7, 11) is 0. The highest BCUT2D eigenvalue weighted by Gasteiger charge is 2.39. The van der Waals surface area contributed by atoms with E-state index in [-0.39, 0.29) is 13.0 Å². The Labute approximate surface area is 129 Å². The molecule has 1 fully saturated rings. The van der Waals surface area contributed by atoms with Crippen LogP contribution in [0.25, 0.3) is 11.1 Å². The molecule has 1 aromatic carbocycles. The van der Waals surface area contributed by atoms with Crippen LogP contribution in [0.5, 0.6) is 0 Å². The molecular weight excluding hydrogens is 282 g/mol. The van der Waals surface area contributed by atoms with Gasteiger partial charge in [0, 0.05) is 24.7 Å². The topological polar surface area (TPSA) is 16.1 Å². The first kappa shape index (κ1) is 14.9. The number of pyridine rings is 1. The maximum Gasteiger partial charge on any atom is 0.266 e. The summed E-state index contributed by atoms with van der Waals surface area (Å²) < 4.78 is 27.1. The number of rotatable bonds is 3. The summed E-state index contributed by atoms with van der Waals surface area (Å²) in [6, 6.07) is 10.1. The third-order valence-corrected chi connectivity index (χ3v) is 4.29. The minimum absolute atomic E-state index is 0.0908. The Balaban J connectivity index is 2.07. The molecule has 3 rings (SSSR count). The lowest BCUT2D eigenvalue weighted by Gasteiger charge is -2.22. The summed E-state index contributed by atoms with van der Waals surface area (Å²) in [5.74, 6) is -1.90. The van der Waals surface area contributed by atoms with Crippen molar-refractivity contribution in [2.75, 3.05) is 18.0 Å². The molecule has 1 aromatic heterocycles. The van der Waals surface area contributed by atoms with Crippen molar-refractivity contribution in [3.8, 4) is 11.1 Å².